The molecule has 5 N–H and O–H groups in total. The fraction of sp³-hybridized carbons (Fsp3) is 0.615. The number of ether oxygens (including phenoxy) is 1. The first-order valence-electron chi connectivity index (χ1n) is 7.15. The quantitative estimate of drug-likeness (QED) is 0.526. The Labute approximate surface area is 126 Å². The number of aliphatic hydroxyl groups is 1. The molecule has 2 aliphatic rings. The van der Waals surface area contributed by atoms with Gasteiger partial charge in [-0.3, -0.25) is 14.6 Å². The largest absolute Gasteiger partial charge is 0.465 e. The van der Waals surface area contributed by atoms with Crippen LogP contribution in [0.2, 0.25) is 0 Å². The van der Waals surface area contributed by atoms with Crippen LogP contribution >= 0.6 is 0 Å². The van der Waals surface area contributed by atoms with E-state index in [0.29, 0.717) is 18.2 Å². The van der Waals surface area contributed by atoms with E-state index < -0.39 is 0 Å². The maximum atomic E-state index is 11.8. The van der Waals surface area contributed by atoms with Crippen molar-refractivity contribution in [2.75, 3.05) is 35.8 Å². The van der Waals surface area contributed by atoms with Gasteiger partial charge in [-0.25, -0.2) is 0 Å². The Bertz CT molecular complexity index is 646. The number of anilines is 3. The van der Waals surface area contributed by atoms with Gasteiger partial charge in [0.15, 0.2) is 5.82 Å². The van der Waals surface area contributed by atoms with Gasteiger partial charge in [0, 0.05) is 25.5 Å². The maximum absolute atomic E-state index is 11.8. The Morgan fingerprint density at radius 3 is 3.05 bits per heavy atom. The van der Waals surface area contributed by atoms with Crippen LogP contribution in [0.4, 0.5) is 17.5 Å². The molecule has 3 atom stereocenters. The summed E-state index contributed by atoms with van der Waals surface area (Å²) in [6.45, 7) is 2.08. The molecule has 0 spiro atoms. The van der Waals surface area contributed by atoms with Crippen molar-refractivity contribution < 1.29 is 14.6 Å². The monoisotopic (exact) mass is 309 g/mol. The van der Waals surface area contributed by atoms with Crippen molar-refractivity contribution in [2.45, 2.75) is 19.4 Å². The minimum Gasteiger partial charge on any atom is -0.465 e. The molecule has 3 unspecified atom stereocenters. The van der Waals surface area contributed by atoms with E-state index in [1.54, 1.807) is 0 Å². The van der Waals surface area contributed by atoms with E-state index >= 15 is 0 Å². The first-order chi connectivity index (χ1) is 10.5. The standard InChI is InChI=1S/C13H19N5O4/c1-6(20)22-4-8-7(3-19)2-9(8)18-5-15-10-11(18)16-13(14)17-12(10)21/h7-9,15,19H,2-5H2,1H3,(H3,14,16,17,21). The van der Waals surface area contributed by atoms with Gasteiger partial charge in [0.25, 0.3) is 5.56 Å². The molecule has 0 radical (unpaired) electrons. The Morgan fingerprint density at radius 2 is 2.36 bits per heavy atom. The zero-order chi connectivity index (χ0) is 15.9. The smallest absolute Gasteiger partial charge is 0.302 e. The number of nitrogens with one attached hydrogen (secondary N) is 2. The molecule has 22 heavy (non-hydrogen) atoms. The number of hydrogen-bond acceptors (Lipinski definition) is 8. The molecule has 1 aromatic heterocycles. The normalized spacial score (nSPS) is 26.1. The summed E-state index contributed by atoms with van der Waals surface area (Å²) < 4.78 is 5.09. The van der Waals surface area contributed by atoms with Crippen molar-refractivity contribution in [3.63, 3.8) is 0 Å². The summed E-state index contributed by atoms with van der Waals surface area (Å²) in [4.78, 5) is 31.5. The second-order valence-electron chi connectivity index (χ2n) is 5.67. The first-order valence-corrected chi connectivity index (χ1v) is 7.15. The average molecular weight is 309 g/mol. The summed E-state index contributed by atoms with van der Waals surface area (Å²) in [7, 11) is 0. The Hall–Kier alpha value is -2.29. The minimum absolute atomic E-state index is 0.00367. The lowest BCUT2D eigenvalue weighted by Crippen LogP contribution is -2.55. The fourth-order valence-corrected chi connectivity index (χ4v) is 3.17. The number of nitrogens with zero attached hydrogens (tertiary/aromatic N) is 2. The van der Waals surface area contributed by atoms with E-state index in [0.717, 1.165) is 6.42 Å². The number of H-pyrrole nitrogens is 1. The molecule has 2 heterocycles. The number of aromatic amines is 1. The summed E-state index contributed by atoms with van der Waals surface area (Å²) in [5.74, 6) is 0.306. The molecule has 1 aliphatic carbocycles. The van der Waals surface area contributed by atoms with E-state index in [1.807, 2.05) is 4.90 Å². The molecular weight excluding hydrogens is 290 g/mol. The van der Waals surface area contributed by atoms with Gasteiger partial charge in [0.2, 0.25) is 5.95 Å². The zero-order valence-corrected chi connectivity index (χ0v) is 12.2. The summed E-state index contributed by atoms with van der Waals surface area (Å²) in [6.07, 6.45) is 0.748. The lowest BCUT2D eigenvalue weighted by atomic mass is 9.69. The zero-order valence-electron chi connectivity index (χ0n) is 12.2. The van der Waals surface area contributed by atoms with Crippen molar-refractivity contribution in [3.8, 4) is 0 Å². The third kappa shape index (κ3) is 2.37. The van der Waals surface area contributed by atoms with Crippen LogP contribution < -0.4 is 21.5 Å². The van der Waals surface area contributed by atoms with Gasteiger partial charge in [-0.15, -0.1) is 0 Å². The predicted octanol–water partition coefficient (Wildman–Crippen LogP) is -0.898. The van der Waals surface area contributed by atoms with Gasteiger partial charge in [-0.05, 0) is 12.3 Å². The third-order valence-electron chi connectivity index (χ3n) is 4.37. The highest BCUT2D eigenvalue weighted by molar-refractivity contribution is 5.71. The topological polar surface area (TPSA) is 134 Å². The van der Waals surface area contributed by atoms with E-state index in [-0.39, 0.29) is 48.6 Å². The molecule has 0 bridgehead atoms. The highest BCUT2D eigenvalue weighted by atomic mass is 16.5. The van der Waals surface area contributed by atoms with E-state index in [9.17, 15) is 14.7 Å². The molecule has 0 aromatic carbocycles. The van der Waals surface area contributed by atoms with Gasteiger partial charge in [0.1, 0.15) is 5.69 Å². The molecule has 9 heteroatoms. The first kappa shape index (κ1) is 14.6. The van der Waals surface area contributed by atoms with Crippen LogP contribution in [0.25, 0.3) is 0 Å². The van der Waals surface area contributed by atoms with Gasteiger partial charge in [-0.2, -0.15) is 4.98 Å². The lowest BCUT2D eigenvalue weighted by molar-refractivity contribution is -0.145. The van der Waals surface area contributed by atoms with E-state index in [1.165, 1.54) is 6.92 Å². The number of esters is 1. The third-order valence-corrected chi connectivity index (χ3v) is 4.37. The molecule has 1 aromatic rings. The lowest BCUT2D eigenvalue weighted by Gasteiger charge is -2.48. The summed E-state index contributed by atoms with van der Waals surface area (Å²) >= 11 is 0. The molecule has 0 saturated heterocycles. The summed E-state index contributed by atoms with van der Waals surface area (Å²) in [5, 5.41) is 12.4. The van der Waals surface area contributed by atoms with Crippen LogP contribution in [0.3, 0.4) is 0 Å². The predicted molar refractivity (Wildman–Crippen MR) is 79.3 cm³/mol. The average Bonchev–Trinajstić information content (AvgIpc) is 2.82. The maximum Gasteiger partial charge on any atom is 0.302 e. The minimum atomic E-state index is -0.346. The number of nitrogen functional groups attached to an aromatic ring is 1. The highest BCUT2D eigenvalue weighted by Gasteiger charge is 2.46. The number of carbonyl (C=O) groups excluding carboxylic acids is 1. The number of hydrogen-bond donors (Lipinski definition) is 4. The molecular formula is C13H19N5O4. The molecule has 120 valence electrons. The number of fused-ring (bicyclic) bond motifs is 1. The second-order valence-corrected chi connectivity index (χ2v) is 5.67. The molecule has 1 saturated carbocycles. The SMILES string of the molecule is CC(=O)OCC1C(CO)CC1N1CNc2c1nc(N)[nH]c2=O. The van der Waals surface area contributed by atoms with E-state index in [2.05, 4.69) is 15.3 Å². The number of carbonyl (C=O) groups is 1. The van der Waals surface area contributed by atoms with Gasteiger partial charge in [0.05, 0.1) is 13.3 Å². The van der Waals surface area contributed by atoms with Gasteiger partial charge >= 0.3 is 5.97 Å². The van der Waals surface area contributed by atoms with Crippen molar-refractivity contribution in [1.29, 1.82) is 0 Å². The van der Waals surface area contributed by atoms with Crippen LogP contribution in [0, 0.1) is 11.8 Å². The summed E-state index contributed by atoms with van der Waals surface area (Å²) in [6, 6.07) is 0.0407. The molecule has 1 aliphatic heterocycles. The van der Waals surface area contributed by atoms with Crippen LogP contribution in [-0.4, -0.2) is 47.0 Å². The van der Waals surface area contributed by atoms with Crippen LogP contribution in [0.1, 0.15) is 13.3 Å². The number of aliphatic hydroxyl groups excluding tert-OH is 1. The summed E-state index contributed by atoms with van der Waals surface area (Å²) in [5.41, 5.74) is 5.70. The van der Waals surface area contributed by atoms with Crippen LogP contribution in [-0.2, 0) is 9.53 Å². The number of rotatable bonds is 4. The van der Waals surface area contributed by atoms with Crippen LogP contribution in [0.15, 0.2) is 4.79 Å². The Kier molecular flexibility index (Phi) is 3.65. The van der Waals surface area contributed by atoms with Crippen molar-refractivity contribution in [1.82, 2.24) is 9.97 Å². The van der Waals surface area contributed by atoms with Gasteiger partial charge in [-0.1, -0.05) is 0 Å². The van der Waals surface area contributed by atoms with Crippen molar-refractivity contribution >= 4 is 23.4 Å². The Balaban J connectivity index is 1.81. The molecule has 9 nitrogen and oxygen atoms in total. The van der Waals surface area contributed by atoms with E-state index in [4.69, 9.17) is 10.5 Å². The Morgan fingerprint density at radius 1 is 1.59 bits per heavy atom. The fourth-order valence-electron chi connectivity index (χ4n) is 3.17. The van der Waals surface area contributed by atoms with Crippen molar-refractivity contribution in [3.05, 3.63) is 10.4 Å². The molecule has 3 rings (SSSR count). The van der Waals surface area contributed by atoms with Crippen molar-refractivity contribution in [2.24, 2.45) is 11.8 Å². The molecule has 0 amide bonds. The molecule has 1 fully saturated rings. The van der Waals surface area contributed by atoms with Crippen LogP contribution in [0.5, 0.6) is 0 Å². The van der Waals surface area contributed by atoms with Gasteiger partial charge < -0.3 is 25.8 Å². The number of nitrogens with two attached hydrogens (primary N) is 1. The highest BCUT2D eigenvalue weighted by Crippen LogP contribution is 2.42. The second kappa shape index (κ2) is 5.48. The number of aromatic nitrogens is 2.